The van der Waals surface area contributed by atoms with E-state index in [0.29, 0.717) is 10.8 Å². The molecule has 0 heterocycles. The molecule has 1 N–H and O–H groups in total. The average Bonchev–Trinajstić information content (AvgIpc) is 2.65. The predicted octanol–water partition coefficient (Wildman–Crippen LogP) is 5.19. The summed E-state index contributed by atoms with van der Waals surface area (Å²) < 4.78 is 7.38. The highest BCUT2D eigenvalue weighted by Gasteiger charge is 2.27. The quantitative estimate of drug-likeness (QED) is 0.496. The van der Waals surface area contributed by atoms with Crippen LogP contribution in [0.3, 0.4) is 0 Å². The zero-order chi connectivity index (χ0) is 21.6. The maximum absolute atomic E-state index is 13.0. The Labute approximate surface area is 193 Å². The first kappa shape index (κ1) is 23.7. The fourth-order valence-corrected chi connectivity index (χ4v) is 3.58. The van der Waals surface area contributed by atoms with Crippen molar-refractivity contribution in [2.45, 2.75) is 39.4 Å². The molecule has 29 heavy (non-hydrogen) atoms. The summed E-state index contributed by atoms with van der Waals surface area (Å²) in [6.45, 7) is 5.53. The Hall–Kier alpha value is -1.57. The zero-order valence-electron chi connectivity index (χ0n) is 16.4. The van der Waals surface area contributed by atoms with Crippen LogP contribution in [0.15, 0.2) is 51.4 Å². The molecule has 1 unspecified atom stereocenters. The lowest BCUT2D eigenvalue weighted by atomic mass is 10.1. The lowest BCUT2D eigenvalue weighted by Gasteiger charge is -2.29. The van der Waals surface area contributed by atoms with Crippen LogP contribution in [0.1, 0.15) is 26.3 Å². The van der Waals surface area contributed by atoms with Gasteiger partial charge in [-0.1, -0.05) is 55.6 Å². The molecule has 0 radical (unpaired) electrons. The van der Waals surface area contributed by atoms with Crippen molar-refractivity contribution in [1.82, 2.24) is 10.2 Å². The van der Waals surface area contributed by atoms with E-state index in [1.165, 1.54) is 4.90 Å². The van der Waals surface area contributed by atoms with Crippen molar-refractivity contribution in [2.24, 2.45) is 0 Å². The molecule has 1 atom stereocenters. The van der Waals surface area contributed by atoms with Crippen LogP contribution in [0.2, 0.25) is 5.02 Å². The number of ether oxygens (including phenoxy) is 1. The molecule has 156 valence electrons. The van der Waals surface area contributed by atoms with Crippen molar-refractivity contribution in [3.05, 3.63) is 62.0 Å². The van der Waals surface area contributed by atoms with Crippen molar-refractivity contribution < 1.29 is 14.3 Å². The minimum atomic E-state index is -0.655. The second-order valence-electron chi connectivity index (χ2n) is 6.85. The lowest BCUT2D eigenvalue weighted by molar-refractivity contribution is -0.142. The Balaban J connectivity index is 2.16. The Morgan fingerprint density at radius 1 is 1.07 bits per heavy atom. The van der Waals surface area contributed by atoms with Gasteiger partial charge in [-0.15, -0.1) is 0 Å². The second kappa shape index (κ2) is 11.0. The number of carbonyl (C=O) groups excluding carboxylic acids is 2. The highest BCUT2D eigenvalue weighted by atomic mass is 79.9. The van der Waals surface area contributed by atoms with Gasteiger partial charge in [0.2, 0.25) is 5.91 Å². The Bertz CT molecular complexity index is 860. The molecule has 2 aromatic carbocycles. The molecule has 2 amide bonds. The van der Waals surface area contributed by atoms with E-state index in [-0.39, 0.29) is 31.0 Å². The summed E-state index contributed by atoms with van der Waals surface area (Å²) in [7, 11) is 0. The van der Waals surface area contributed by atoms with E-state index in [9.17, 15) is 9.59 Å². The maximum Gasteiger partial charge on any atom is 0.261 e. The normalized spacial score (nSPS) is 11.8. The van der Waals surface area contributed by atoms with Gasteiger partial charge in [-0.05, 0) is 56.7 Å². The van der Waals surface area contributed by atoms with Crippen LogP contribution in [0.25, 0.3) is 0 Å². The number of halogens is 3. The van der Waals surface area contributed by atoms with E-state index < -0.39 is 6.04 Å². The summed E-state index contributed by atoms with van der Waals surface area (Å²) in [5.74, 6) is -0.114. The molecule has 0 spiro atoms. The van der Waals surface area contributed by atoms with Crippen molar-refractivity contribution in [2.75, 3.05) is 6.61 Å². The highest BCUT2D eigenvalue weighted by Crippen LogP contribution is 2.27. The molecule has 0 saturated heterocycles. The zero-order valence-corrected chi connectivity index (χ0v) is 20.3. The number of nitrogens with one attached hydrogen (secondary N) is 1. The number of hydrogen-bond acceptors (Lipinski definition) is 3. The number of carbonyl (C=O) groups is 2. The third-order valence-electron chi connectivity index (χ3n) is 4.11. The molecule has 0 aliphatic heterocycles. The van der Waals surface area contributed by atoms with Gasteiger partial charge >= 0.3 is 0 Å². The van der Waals surface area contributed by atoms with Gasteiger partial charge in [0.1, 0.15) is 11.8 Å². The summed E-state index contributed by atoms with van der Waals surface area (Å²) in [5.41, 5.74) is 0.910. The standard InChI is InChI=1S/C21H23Br2ClN2O3/c1-13(2)25-21(28)14(3)26(11-15-4-6-16(22)7-5-15)20(27)12-29-19-9-8-17(23)10-18(19)24/h4-10,13-14H,11-12H2,1-3H3,(H,25,28). The Kier molecular flexibility index (Phi) is 8.99. The smallest absolute Gasteiger partial charge is 0.261 e. The molecule has 0 aliphatic carbocycles. The van der Waals surface area contributed by atoms with Gasteiger partial charge in [-0.2, -0.15) is 0 Å². The Morgan fingerprint density at radius 3 is 2.28 bits per heavy atom. The van der Waals surface area contributed by atoms with Gasteiger partial charge in [-0.3, -0.25) is 9.59 Å². The monoisotopic (exact) mass is 544 g/mol. The summed E-state index contributed by atoms with van der Waals surface area (Å²) in [5, 5.41) is 3.25. The van der Waals surface area contributed by atoms with Crippen LogP contribution in [0.5, 0.6) is 5.75 Å². The van der Waals surface area contributed by atoms with E-state index in [4.69, 9.17) is 16.3 Å². The van der Waals surface area contributed by atoms with Gasteiger partial charge < -0.3 is 15.0 Å². The molecule has 0 aliphatic rings. The molecule has 0 aromatic heterocycles. The first-order chi connectivity index (χ1) is 13.7. The molecular weight excluding hydrogens is 524 g/mol. The van der Waals surface area contributed by atoms with Crippen LogP contribution < -0.4 is 10.1 Å². The SMILES string of the molecule is CC(C)NC(=O)C(C)N(Cc1ccc(Br)cc1)C(=O)COc1ccc(Br)cc1Cl. The van der Waals surface area contributed by atoms with Gasteiger partial charge in [0, 0.05) is 21.5 Å². The average molecular weight is 547 g/mol. The van der Waals surface area contributed by atoms with E-state index in [1.807, 2.05) is 38.1 Å². The number of nitrogens with zero attached hydrogens (tertiary/aromatic N) is 1. The fraction of sp³-hybridized carbons (Fsp3) is 0.333. The molecule has 2 rings (SSSR count). The van der Waals surface area contributed by atoms with Crippen molar-refractivity contribution in [3.8, 4) is 5.75 Å². The largest absolute Gasteiger partial charge is 0.482 e. The third-order valence-corrected chi connectivity index (χ3v) is 5.43. The van der Waals surface area contributed by atoms with E-state index in [1.54, 1.807) is 25.1 Å². The lowest BCUT2D eigenvalue weighted by Crippen LogP contribution is -2.50. The van der Waals surface area contributed by atoms with Crippen molar-refractivity contribution in [3.63, 3.8) is 0 Å². The summed E-state index contributed by atoms with van der Waals surface area (Å²) in [6, 6.07) is 12.1. The molecule has 8 heteroatoms. The van der Waals surface area contributed by atoms with Gasteiger partial charge in [-0.25, -0.2) is 0 Å². The number of amides is 2. The van der Waals surface area contributed by atoms with Gasteiger partial charge in [0.25, 0.3) is 5.91 Å². The van der Waals surface area contributed by atoms with Crippen LogP contribution in [-0.2, 0) is 16.1 Å². The molecule has 0 fully saturated rings. The minimum Gasteiger partial charge on any atom is -0.482 e. The summed E-state index contributed by atoms with van der Waals surface area (Å²) in [6.07, 6.45) is 0. The first-order valence-electron chi connectivity index (χ1n) is 9.09. The van der Waals surface area contributed by atoms with E-state index in [0.717, 1.165) is 14.5 Å². The topological polar surface area (TPSA) is 58.6 Å². The number of hydrogen-bond donors (Lipinski definition) is 1. The summed E-state index contributed by atoms with van der Waals surface area (Å²) >= 11 is 12.9. The van der Waals surface area contributed by atoms with Crippen LogP contribution in [-0.4, -0.2) is 35.4 Å². The predicted molar refractivity (Wildman–Crippen MR) is 122 cm³/mol. The molecule has 2 aromatic rings. The maximum atomic E-state index is 13.0. The van der Waals surface area contributed by atoms with Gasteiger partial charge in [0.05, 0.1) is 5.02 Å². The van der Waals surface area contributed by atoms with Crippen LogP contribution in [0, 0.1) is 0 Å². The number of rotatable bonds is 8. The molecular formula is C21H23Br2ClN2O3. The summed E-state index contributed by atoms with van der Waals surface area (Å²) in [4.78, 5) is 27.0. The van der Waals surface area contributed by atoms with E-state index in [2.05, 4.69) is 37.2 Å². The fourth-order valence-electron chi connectivity index (χ4n) is 2.59. The van der Waals surface area contributed by atoms with Crippen LogP contribution in [0.4, 0.5) is 0 Å². The molecule has 0 saturated carbocycles. The van der Waals surface area contributed by atoms with Crippen molar-refractivity contribution >= 4 is 55.3 Å². The second-order valence-corrected chi connectivity index (χ2v) is 9.09. The van der Waals surface area contributed by atoms with E-state index >= 15 is 0 Å². The van der Waals surface area contributed by atoms with Gasteiger partial charge in [0.15, 0.2) is 6.61 Å². The minimum absolute atomic E-state index is 0.0209. The van der Waals surface area contributed by atoms with Crippen LogP contribution >= 0.6 is 43.5 Å². The molecule has 0 bridgehead atoms. The highest BCUT2D eigenvalue weighted by molar-refractivity contribution is 9.10. The third kappa shape index (κ3) is 7.32. The Morgan fingerprint density at radius 2 is 1.69 bits per heavy atom. The first-order valence-corrected chi connectivity index (χ1v) is 11.1. The molecule has 5 nitrogen and oxygen atoms in total. The van der Waals surface area contributed by atoms with Crippen molar-refractivity contribution in [1.29, 1.82) is 0 Å². The number of benzene rings is 2.